The number of amides is 2. The van der Waals surface area contributed by atoms with Crippen LogP contribution in [-0.2, 0) is 9.59 Å². The van der Waals surface area contributed by atoms with Gasteiger partial charge in [-0.15, -0.1) is 0 Å². The Labute approximate surface area is 122 Å². The third kappa shape index (κ3) is 4.47. The zero-order valence-corrected chi connectivity index (χ0v) is 13.2. The molecular weight excluding hydrogens is 254 g/mol. The van der Waals surface area contributed by atoms with E-state index >= 15 is 0 Å². The smallest absolute Gasteiger partial charge is 0.227 e. The Bertz CT molecular complexity index is 334. The average molecular weight is 283 g/mol. The maximum absolute atomic E-state index is 12.4. The van der Waals surface area contributed by atoms with Crippen LogP contribution in [-0.4, -0.2) is 42.4 Å². The molecule has 0 spiro atoms. The van der Waals surface area contributed by atoms with Crippen molar-refractivity contribution in [2.75, 3.05) is 19.6 Å². The van der Waals surface area contributed by atoms with Gasteiger partial charge in [0.1, 0.15) is 0 Å². The van der Waals surface area contributed by atoms with Gasteiger partial charge in [-0.05, 0) is 18.8 Å². The van der Waals surface area contributed by atoms with E-state index in [-0.39, 0.29) is 35.6 Å². The molecule has 1 heterocycles. The number of carbonyl (C=O) groups is 2. The van der Waals surface area contributed by atoms with Crippen LogP contribution in [0.5, 0.6) is 0 Å². The first-order valence-corrected chi connectivity index (χ1v) is 7.66. The number of likely N-dealkylation sites (tertiary alicyclic amines) is 1. The summed E-state index contributed by atoms with van der Waals surface area (Å²) in [5.74, 6) is 0.452. The second-order valence-electron chi connectivity index (χ2n) is 6.35. The molecule has 116 valence electrons. The maximum atomic E-state index is 12.4. The van der Waals surface area contributed by atoms with Crippen molar-refractivity contribution in [2.24, 2.45) is 23.5 Å². The minimum atomic E-state index is -0.0863. The van der Waals surface area contributed by atoms with Crippen molar-refractivity contribution < 1.29 is 9.59 Å². The lowest BCUT2D eigenvalue weighted by Crippen LogP contribution is -2.50. The summed E-state index contributed by atoms with van der Waals surface area (Å²) in [7, 11) is 0. The van der Waals surface area contributed by atoms with Crippen LogP contribution in [0.25, 0.3) is 0 Å². The lowest BCUT2D eigenvalue weighted by Gasteiger charge is -2.35. The van der Waals surface area contributed by atoms with Crippen LogP contribution in [0.1, 0.15) is 40.5 Å². The van der Waals surface area contributed by atoms with Gasteiger partial charge in [-0.1, -0.05) is 27.7 Å². The molecule has 0 aromatic carbocycles. The molecule has 20 heavy (non-hydrogen) atoms. The van der Waals surface area contributed by atoms with E-state index in [0.29, 0.717) is 19.6 Å². The van der Waals surface area contributed by atoms with E-state index in [1.165, 1.54) is 0 Å². The SMILES string of the molecule is CC(C)C(=O)NC1CCN(C(=O)C(CN)C(C)C)CC1. The number of nitrogens with one attached hydrogen (secondary N) is 1. The Morgan fingerprint density at radius 1 is 1.20 bits per heavy atom. The monoisotopic (exact) mass is 283 g/mol. The van der Waals surface area contributed by atoms with Crippen molar-refractivity contribution in [2.45, 2.75) is 46.6 Å². The summed E-state index contributed by atoms with van der Waals surface area (Å²) in [6.45, 7) is 9.68. The topological polar surface area (TPSA) is 75.4 Å². The Morgan fingerprint density at radius 2 is 1.75 bits per heavy atom. The molecule has 1 saturated heterocycles. The van der Waals surface area contributed by atoms with E-state index in [1.807, 2.05) is 32.6 Å². The van der Waals surface area contributed by atoms with Crippen LogP contribution in [0.2, 0.25) is 0 Å². The highest BCUT2D eigenvalue weighted by atomic mass is 16.2. The highest BCUT2D eigenvalue weighted by Crippen LogP contribution is 2.18. The second kappa shape index (κ2) is 7.62. The zero-order valence-electron chi connectivity index (χ0n) is 13.2. The maximum Gasteiger partial charge on any atom is 0.227 e. The van der Waals surface area contributed by atoms with Gasteiger partial charge in [0, 0.05) is 31.6 Å². The first-order valence-electron chi connectivity index (χ1n) is 7.66. The Morgan fingerprint density at radius 3 is 2.15 bits per heavy atom. The number of hydrogen-bond donors (Lipinski definition) is 2. The number of nitrogens with zero attached hydrogens (tertiary/aromatic N) is 1. The fourth-order valence-corrected chi connectivity index (χ4v) is 2.50. The fraction of sp³-hybridized carbons (Fsp3) is 0.867. The molecule has 1 aliphatic heterocycles. The molecule has 1 rings (SSSR count). The molecular formula is C15H29N3O2. The van der Waals surface area contributed by atoms with Gasteiger partial charge in [-0.2, -0.15) is 0 Å². The van der Waals surface area contributed by atoms with Crippen molar-refractivity contribution in [3.63, 3.8) is 0 Å². The first kappa shape index (κ1) is 17.0. The molecule has 1 fully saturated rings. The predicted molar refractivity (Wildman–Crippen MR) is 80.0 cm³/mol. The summed E-state index contributed by atoms with van der Waals surface area (Å²) in [4.78, 5) is 25.9. The third-order valence-corrected chi connectivity index (χ3v) is 4.05. The van der Waals surface area contributed by atoms with E-state index in [2.05, 4.69) is 5.32 Å². The lowest BCUT2D eigenvalue weighted by molar-refractivity contribution is -0.137. The van der Waals surface area contributed by atoms with Crippen LogP contribution in [0.15, 0.2) is 0 Å². The second-order valence-corrected chi connectivity index (χ2v) is 6.35. The van der Waals surface area contributed by atoms with E-state index in [0.717, 1.165) is 12.8 Å². The van der Waals surface area contributed by atoms with Gasteiger partial charge in [0.2, 0.25) is 11.8 Å². The first-order chi connectivity index (χ1) is 9.36. The molecule has 5 nitrogen and oxygen atoms in total. The van der Waals surface area contributed by atoms with Crippen LogP contribution in [0, 0.1) is 17.8 Å². The van der Waals surface area contributed by atoms with Crippen LogP contribution < -0.4 is 11.1 Å². The molecule has 1 unspecified atom stereocenters. The van der Waals surface area contributed by atoms with Gasteiger partial charge in [-0.3, -0.25) is 9.59 Å². The molecule has 0 bridgehead atoms. The Kier molecular flexibility index (Phi) is 6.46. The van der Waals surface area contributed by atoms with E-state index in [1.54, 1.807) is 0 Å². The van der Waals surface area contributed by atoms with Gasteiger partial charge in [-0.25, -0.2) is 0 Å². The lowest BCUT2D eigenvalue weighted by atomic mass is 9.93. The van der Waals surface area contributed by atoms with E-state index < -0.39 is 0 Å². The number of carbonyl (C=O) groups excluding carboxylic acids is 2. The molecule has 0 radical (unpaired) electrons. The average Bonchev–Trinajstić information content (AvgIpc) is 2.39. The Hall–Kier alpha value is -1.10. The summed E-state index contributed by atoms with van der Waals surface area (Å²) in [6, 6.07) is 0.198. The van der Waals surface area contributed by atoms with Gasteiger partial charge >= 0.3 is 0 Å². The van der Waals surface area contributed by atoms with Crippen LogP contribution >= 0.6 is 0 Å². The predicted octanol–water partition coefficient (Wildman–Crippen LogP) is 0.981. The van der Waals surface area contributed by atoms with E-state index in [9.17, 15) is 9.59 Å². The number of rotatable bonds is 5. The Balaban J connectivity index is 2.45. The normalized spacial score (nSPS) is 18.4. The van der Waals surface area contributed by atoms with Crippen molar-refractivity contribution in [1.82, 2.24) is 10.2 Å². The zero-order chi connectivity index (χ0) is 15.3. The molecule has 0 saturated carbocycles. The highest BCUT2D eigenvalue weighted by Gasteiger charge is 2.29. The standard InChI is InChI=1S/C15H29N3O2/c1-10(2)13(9-16)15(20)18-7-5-12(6-8-18)17-14(19)11(3)4/h10-13H,5-9,16H2,1-4H3,(H,17,19). The molecule has 3 N–H and O–H groups in total. The van der Waals surface area contributed by atoms with Gasteiger partial charge < -0.3 is 16.0 Å². The van der Waals surface area contributed by atoms with Gasteiger partial charge in [0.25, 0.3) is 0 Å². The summed E-state index contributed by atoms with van der Waals surface area (Å²) in [5, 5.41) is 3.04. The molecule has 0 aromatic heterocycles. The molecule has 0 aliphatic carbocycles. The van der Waals surface area contributed by atoms with Crippen molar-refractivity contribution >= 4 is 11.8 Å². The molecule has 5 heteroatoms. The molecule has 0 aromatic rings. The molecule has 2 amide bonds. The minimum absolute atomic E-state index is 0.0113. The van der Waals surface area contributed by atoms with Crippen molar-refractivity contribution in [1.29, 1.82) is 0 Å². The van der Waals surface area contributed by atoms with Crippen LogP contribution in [0.3, 0.4) is 0 Å². The summed E-state index contributed by atoms with van der Waals surface area (Å²) >= 11 is 0. The molecule has 1 aliphatic rings. The minimum Gasteiger partial charge on any atom is -0.353 e. The van der Waals surface area contributed by atoms with Gasteiger partial charge in [0.15, 0.2) is 0 Å². The fourth-order valence-electron chi connectivity index (χ4n) is 2.50. The number of hydrogen-bond acceptors (Lipinski definition) is 3. The van der Waals surface area contributed by atoms with Crippen molar-refractivity contribution in [3.8, 4) is 0 Å². The highest BCUT2D eigenvalue weighted by molar-refractivity contribution is 5.80. The largest absolute Gasteiger partial charge is 0.353 e. The van der Waals surface area contributed by atoms with Crippen molar-refractivity contribution in [3.05, 3.63) is 0 Å². The summed E-state index contributed by atoms with van der Waals surface area (Å²) in [5.41, 5.74) is 5.70. The number of piperidine rings is 1. The van der Waals surface area contributed by atoms with Gasteiger partial charge in [0.05, 0.1) is 5.92 Å². The summed E-state index contributed by atoms with van der Waals surface area (Å²) in [6.07, 6.45) is 1.67. The molecule has 1 atom stereocenters. The number of nitrogens with two attached hydrogens (primary N) is 1. The van der Waals surface area contributed by atoms with Crippen LogP contribution in [0.4, 0.5) is 0 Å². The quantitative estimate of drug-likeness (QED) is 0.790. The van der Waals surface area contributed by atoms with E-state index in [4.69, 9.17) is 5.73 Å². The third-order valence-electron chi connectivity index (χ3n) is 4.05. The summed E-state index contributed by atoms with van der Waals surface area (Å²) < 4.78 is 0.